The van der Waals surface area contributed by atoms with E-state index in [1.54, 1.807) is 0 Å². The second-order valence-electron chi connectivity index (χ2n) is 4.33. The molecular formula is C11H12F4NO2+. The summed E-state index contributed by atoms with van der Waals surface area (Å²) < 4.78 is 55.6. The lowest BCUT2D eigenvalue weighted by molar-refractivity contribution is -0.905. The van der Waals surface area contributed by atoms with E-state index in [-0.39, 0.29) is 24.2 Å². The molecule has 1 aliphatic rings. The zero-order valence-corrected chi connectivity index (χ0v) is 9.38. The van der Waals surface area contributed by atoms with Gasteiger partial charge in [-0.05, 0) is 19.3 Å². The second kappa shape index (κ2) is 4.29. The first kappa shape index (κ1) is 12.9. The molecule has 1 aliphatic carbocycles. The van der Waals surface area contributed by atoms with Crippen LogP contribution in [0.15, 0.2) is 18.5 Å². The Morgan fingerprint density at radius 3 is 2.56 bits per heavy atom. The van der Waals surface area contributed by atoms with E-state index in [0.717, 1.165) is 18.5 Å². The van der Waals surface area contributed by atoms with Crippen molar-refractivity contribution in [2.75, 3.05) is 6.61 Å². The minimum absolute atomic E-state index is 0.0389. The molecule has 1 N–H and O–H groups in total. The summed E-state index contributed by atoms with van der Waals surface area (Å²) in [5.41, 5.74) is -1.74. The Morgan fingerprint density at radius 1 is 1.39 bits per heavy atom. The van der Waals surface area contributed by atoms with Crippen molar-refractivity contribution in [2.24, 2.45) is 0 Å². The number of hydrogen-bond donors (Lipinski definition) is 1. The lowest BCUT2D eigenvalue weighted by Crippen LogP contribution is -2.36. The van der Waals surface area contributed by atoms with Gasteiger partial charge in [0.05, 0.1) is 5.56 Å². The van der Waals surface area contributed by atoms with Crippen molar-refractivity contribution < 1.29 is 32.2 Å². The summed E-state index contributed by atoms with van der Waals surface area (Å²) >= 11 is 0. The predicted octanol–water partition coefficient (Wildman–Crippen LogP) is 2.50. The van der Waals surface area contributed by atoms with Crippen LogP contribution < -0.4 is 9.47 Å². The van der Waals surface area contributed by atoms with Crippen LogP contribution in [0.3, 0.4) is 0 Å². The topological polar surface area (TPSA) is 33.3 Å². The van der Waals surface area contributed by atoms with Crippen molar-refractivity contribution >= 4 is 0 Å². The molecule has 7 heteroatoms. The first-order valence-corrected chi connectivity index (χ1v) is 5.44. The van der Waals surface area contributed by atoms with E-state index in [1.807, 2.05) is 0 Å². The minimum atomic E-state index is -4.48. The first-order valence-electron chi connectivity index (χ1n) is 5.44. The molecule has 3 nitrogen and oxygen atoms in total. The highest BCUT2D eigenvalue weighted by Gasteiger charge is 2.43. The van der Waals surface area contributed by atoms with Gasteiger partial charge in [0.25, 0.3) is 0 Å². The van der Waals surface area contributed by atoms with E-state index in [4.69, 9.17) is 0 Å². The first-order chi connectivity index (χ1) is 8.30. The molecule has 0 bridgehead atoms. The number of pyridine rings is 1. The number of hydrogen-bond acceptors (Lipinski definition) is 2. The van der Waals surface area contributed by atoms with E-state index in [2.05, 4.69) is 4.74 Å². The Balaban J connectivity index is 2.24. The van der Waals surface area contributed by atoms with Gasteiger partial charge in [0.2, 0.25) is 12.4 Å². The maximum Gasteiger partial charge on any atom is 0.422 e. The highest BCUT2D eigenvalue weighted by atomic mass is 19.4. The zero-order valence-electron chi connectivity index (χ0n) is 9.38. The van der Waals surface area contributed by atoms with Gasteiger partial charge in [-0.1, -0.05) is 0 Å². The fraction of sp³-hybridized carbons (Fsp3) is 0.545. The number of alkyl halides is 4. The minimum Gasteiger partial charge on any atom is -0.483 e. The van der Waals surface area contributed by atoms with Gasteiger partial charge in [0.1, 0.15) is 11.4 Å². The number of rotatable bonds is 3. The summed E-state index contributed by atoms with van der Waals surface area (Å²) in [6, 6.07) is 1.13. The molecule has 1 aromatic heterocycles. The molecule has 2 rings (SSSR count). The molecule has 18 heavy (non-hydrogen) atoms. The molecule has 100 valence electrons. The summed E-state index contributed by atoms with van der Waals surface area (Å²) in [6.45, 7) is -1.48. The number of nitrogens with zero attached hydrogens (tertiary/aromatic N) is 1. The Labute approximate surface area is 101 Å². The summed E-state index contributed by atoms with van der Waals surface area (Å²) in [6.07, 6.45) is -1.23. The summed E-state index contributed by atoms with van der Waals surface area (Å²) in [5, 5.41) is 9.22. The molecular weight excluding hydrogens is 254 g/mol. The van der Waals surface area contributed by atoms with Crippen LogP contribution in [-0.4, -0.2) is 18.0 Å². The van der Waals surface area contributed by atoms with E-state index in [1.165, 1.54) is 0 Å². The van der Waals surface area contributed by atoms with Gasteiger partial charge < -0.3 is 4.74 Å². The molecule has 0 unspecified atom stereocenters. The molecule has 0 radical (unpaired) electrons. The lowest BCUT2D eigenvalue weighted by Gasteiger charge is -2.33. The van der Waals surface area contributed by atoms with Crippen LogP contribution in [0, 0.1) is 0 Å². The van der Waals surface area contributed by atoms with E-state index >= 15 is 0 Å². The lowest BCUT2D eigenvalue weighted by atomic mass is 9.77. The Morgan fingerprint density at radius 2 is 2.06 bits per heavy atom. The average molecular weight is 266 g/mol. The SMILES string of the molecule is O[n+]1ccc(OCC(F)(F)F)c(C2(F)CCC2)c1. The maximum absolute atomic E-state index is 14.2. The largest absolute Gasteiger partial charge is 0.483 e. The van der Waals surface area contributed by atoms with Crippen LogP contribution in [-0.2, 0) is 5.67 Å². The molecule has 1 heterocycles. The van der Waals surface area contributed by atoms with Crippen LogP contribution >= 0.6 is 0 Å². The summed E-state index contributed by atoms with van der Waals surface area (Å²) in [4.78, 5) is 0. The average Bonchev–Trinajstić information content (AvgIpc) is 2.23. The van der Waals surface area contributed by atoms with Gasteiger partial charge in [0, 0.05) is 10.8 Å². The normalized spacial score (nSPS) is 18.2. The molecule has 1 saturated carbocycles. The van der Waals surface area contributed by atoms with Gasteiger partial charge in [-0.3, -0.25) is 5.21 Å². The van der Waals surface area contributed by atoms with Crippen molar-refractivity contribution in [3.63, 3.8) is 0 Å². The summed E-state index contributed by atoms with van der Waals surface area (Å²) in [5.74, 6) is -0.181. The van der Waals surface area contributed by atoms with Crippen molar-refractivity contribution in [1.82, 2.24) is 0 Å². The third-order valence-corrected chi connectivity index (χ3v) is 2.93. The van der Waals surface area contributed by atoms with Crippen LogP contribution in [0.1, 0.15) is 24.8 Å². The molecule has 0 spiro atoms. The smallest absolute Gasteiger partial charge is 0.422 e. The fourth-order valence-electron chi connectivity index (χ4n) is 1.85. The predicted molar refractivity (Wildman–Crippen MR) is 52.0 cm³/mol. The fourth-order valence-corrected chi connectivity index (χ4v) is 1.85. The molecule has 0 atom stereocenters. The molecule has 1 fully saturated rings. The van der Waals surface area contributed by atoms with Gasteiger partial charge in [-0.15, -0.1) is 0 Å². The monoisotopic (exact) mass is 266 g/mol. The number of aromatic nitrogens is 1. The number of ether oxygens (including phenoxy) is 1. The highest BCUT2D eigenvalue weighted by molar-refractivity contribution is 5.35. The Hall–Kier alpha value is -1.53. The number of halogens is 4. The van der Waals surface area contributed by atoms with Crippen LogP contribution in [0.2, 0.25) is 0 Å². The van der Waals surface area contributed by atoms with Gasteiger partial charge in [-0.25, -0.2) is 4.39 Å². The quantitative estimate of drug-likeness (QED) is 0.518. The highest BCUT2D eigenvalue weighted by Crippen LogP contribution is 2.47. The molecule has 0 aliphatic heterocycles. The van der Waals surface area contributed by atoms with Crippen LogP contribution in [0.4, 0.5) is 17.6 Å². The molecule has 0 saturated heterocycles. The Bertz CT molecular complexity index is 443. The van der Waals surface area contributed by atoms with Crippen molar-refractivity contribution in [3.05, 3.63) is 24.0 Å². The van der Waals surface area contributed by atoms with Gasteiger partial charge in [-0.2, -0.15) is 13.2 Å². The summed E-state index contributed by atoms with van der Waals surface area (Å²) in [7, 11) is 0. The van der Waals surface area contributed by atoms with Crippen LogP contribution in [0.5, 0.6) is 5.75 Å². The van der Waals surface area contributed by atoms with E-state index in [9.17, 15) is 22.8 Å². The van der Waals surface area contributed by atoms with E-state index in [0.29, 0.717) is 11.2 Å². The van der Waals surface area contributed by atoms with Gasteiger partial charge >= 0.3 is 6.18 Å². The Kier molecular flexibility index (Phi) is 3.08. The molecule has 1 aromatic rings. The second-order valence-corrected chi connectivity index (χ2v) is 4.33. The van der Waals surface area contributed by atoms with Gasteiger partial charge in [0.15, 0.2) is 6.61 Å². The van der Waals surface area contributed by atoms with Crippen molar-refractivity contribution in [1.29, 1.82) is 0 Å². The molecule has 0 aromatic carbocycles. The van der Waals surface area contributed by atoms with Crippen molar-refractivity contribution in [2.45, 2.75) is 31.1 Å². The van der Waals surface area contributed by atoms with E-state index < -0.39 is 18.5 Å². The third kappa shape index (κ3) is 2.65. The van der Waals surface area contributed by atoms with Crippen LogP contribution in [0.25, 0.3) is 0 Å². The van der Waals surface area contributed by atoms with Crippen molar-refractivity contribution in [3.8, 4) is 5.75 Å². The maximum atomic E-state index is 14.2. The standard InChI is InChI=1S/C11H12F4NO2/c12-10(3-1-4-10)8-6-16(17)5-2-9(8)18-7-11(13,14)15/h2,5-6,17H,1,3-4,7H2/q+1. The molecule has 0 amide bonds. The zero-order chi connectivity index (χ0) is 13.4. The third-order valence-electron chi connectivity index (χ3n) is 2.93.